The molecule has 3 nitrogen and oxygen atoms in total. The van der Waals surface area contributed by atoms with Crippen molar-refractivity contribution in [1.29, 1.82) is 0 Å². The van der Waals surface area contributed by atoms with E-state index in [1.54, 1.807) is 0 Å². The van der Waals surface area contributed by atoms with Crippen molar-refractivity contribution in [2.24, 2.45) is 5.73 Å². The normalized spacial score (nSPS) is 13.8. The average molecular weight is 364 g/mol. The lowest BCUT2D eigenvalue weighted by Crippen LogP contribution is -2.25. The Bertz CT molecular complexity index is 789. The van der Waals surface area contributed by atoms with Crippen LogP contribution in [-0.2, 0) is 16.0 Å². The lowest BCUT2D eigenvalue weighted by atomic mass is 10.0. The topological polar surface area (TPSA) is 60.2 Å². The summed E-state index contributed by atoms with van der Waals surface area (Å²) in [4.78, 5) is -0.130. The molecule has 0 bridgehead atoms. The van der Waals surface area contributed by atoms with E-state index in [9.17, 15) is 21.6 Å². The molecule has 0 radical (unpaired) electrons. The molecule has 0 heterocycles. The van der Waals surface area contributed by atoms with Crippen LogP contribution in [0.1, 0.15) is 16.4 Å². The van der Waals surface area contributed by atoms with Gasteiger partial charge in [-0.25, -0.2) is 8.42 Å². The first-order chi connectivity index (χ1) is 10.7. The lowest BCUT2D eigenvalue weighted by Gasteiger charge is -2.20. The van der Waals surface area contributed by atoms with Crippen LogP contribution in [0.2, 0.25) is 5.02 Å². The standard InChI is InChI=1S/C15H13ClF3NO2S/c16-10-5-7-11(8-6-10)23(21,22)14(9-20)12-3-1-2-4-13(12)15(17,18)19/h1-8,14H,9,20H2/t14-/m0/s1. The Labute approximate surface area is 136 Å². The van der Waals surface area contributed by atoms with E-state index in [1.165, 1.54) is 36.4 Å². The van der Waals surface area contributed by atoms with Gasteiger partial charge in [0.2, 0.25) is 0 Å². The second kappa shape index (κ2) is 6.51. The molecule has 0 spiro atoms. The van der Waals surface area contributed by atoms with E-state index in [-0.39, 0.29) is 10.5 Å². The molecule has 0 saturated carbocycles. The zero-order chi connectivity index (χ0) is 17.3. The molecule has 0 aliphatic carbocycles. The van der Waals surface area contributed by atoms with Crippen LogP contribution < -0.4 is 5.73 Å². The van der Waals surface area contributed by atoms with E-state index < -0.39 is 33.4 Å². The van der Waals surface area contributed by atoms with E-state index in [2.05, 4.69) is 0 Å². The summed E-state index contributed by atoms with van der Waals surface area (Å²) < 4.78 is 64.7. The maximum Gasteiger partial charge on any atom is 0.416 e. The van der Waals surface area contributed by atoms with Crippen molar-refractivity contribution in [3.05, 3.63) is 64.7 Å². The lowest BCUT2D eigenvalue weighted by molar-refractivity contribution is -0.138. The molecule has 0 unspecified atom stereocenters. The smallest absolute Gasteiger partial charge is 0.329 e. The van der Waals surface area contributed by atoms with Gasteiger partial charge in [-0.2, -0.15) is 13.2 Å². The molecule has 8 heteroatoms. The van der Waals surface area contributed by atoms with Crippen molar-refractivity contribution in [2.75, 3.05) is 6.54 Å². The van der Waals surface area contributed by atoms with Gasteiger partial charge >= 0.3 is 6.18 Å². The van der Waals surface area contributed by atoms with E-state index in [0.29, 0.717) is 5.02 Å². The summed E-state index contributed by atoms with van der Waals surface area (Å²) in [6.45, 7) is -0.474. The van der Waals surface area contributed by atoms with Crippen molar-refractivity contribution < 1.29 is 21.6 Å². The molecule has 2 rings (SSSR count). The zero-order valence-electron chi connectivity index (χ0n) is 11.7. The summed E-state index contributed by atoms with van der Waals surface area (Å²) in [6, 6.07) is 9.74. The summed E-state index contributed by atoms with van der Waals surface area (Å²) in [5, 5.41) is -1.18. The van der Waals surface area contributed by atoms with Gasteiger partial charge < -0.3 is 5.73 Å². The van der Waals surface area contributed by atoms with E-state index in [0.717, 1.165) is 12.1 Å². The Balaban J connectivity index is 2.59. The summed E-state index contributed by atoms with van der Waals surface area (Å²) in [7, 11) is -4.09. The molecule has 2 aromatic rings. The van der Waals surface area contributed by atoms with Gasteiger partial charge in [-0.15, -0.1) is 0 Å². The second-order valence-corrected chi connectivity index (χ2v) is 7.38. The molecule has 0 fully saturated rings. The largest absolute Gasteiger partial charge is 0.416 e. The predicted octanol–water partition coefficient (Wildman–Crippen LogP) is 3.83. The molecule has 0 saturated heterocycles. The second-order valence-electron chi connectivity index (χ2n) is 4.81. The fraction of sp³-hybridized carbons (Fsp3) is 0.200. The van der Waals surface area contributed by atoms with Gasteiger partial charge in [-0.1, -0.05) is 29.8 Å². The number of alkyl halides is 3. The monoisotopic (exact) mass is 363 g/mol. The summed E-state index contributed by atoms with van der Waals surface area (Å²) in [5.74, 6) is 0. The number of benzene rings is 2. The van der Waals surface area contributed by atoms with Crippen molar-refractivity contribution in [3.8, 4) is 0 Å². The Kier molecular flexibility index (Phi) is 5.03. The molecule has 2 N–H and O–H groups in total. The van der Waals surface area contributed by atoms with Crippen LogP contribution in [0.3, 0.4) is 0 Å². The van der Waals surface area contributed by atoms with Crippen LogP contribution in [0.25, 0.3) is 0 Å². The van der Waals surface area contributed by atoms with Gasteiger partial charge in [0, 0.05) is 11.6 Å². The minimum absolute atomic E-state index is 0.130. The maximum absolute atomic E-state index is 13.1. The number of nitrogens with two attached hydrogens (primary N) is 1. The molecule has 2 aromatic carbocycles. The molecule has 1 atom stereocenters. The zero-order valence-corrected chi connectivity index (χ0v) is 13.3. The highest BCUT2D eigenvalue weighted by Gasteiger charge is 2.38. The summed E-state index contributed by atoms with van der Waals surface area (Å²) in [5.41, 5.74) is 4.13. The third kappa shape index (κ3) is 3.68. The van der Waals surface area contributed by atoms with Crippen LogP contribution >= 0.6 is 11.6 Å². The Morgan fingerprint density at radius 3 is 2.13 bits per heavy atom. The highest BCUT2D eigenvalue weighted by atomic mass is 35.5. The Morgan fingerprint density at radius 1 is 1.04 bits per heavy atom. The highest BCUT2D eigenvalue weighted by Crippen LogP contribution is 2.38. The highest BCUT2D eigenvalue weighted by molar-refractivity contribution is 7.91. The Hall–Kier alpha value is -1.57. The fourth-order valence-corrected chi connectivity index (χ4v) is 4.01. The third-order valence-electron chi connectivity index (χ3n) is 3.34. The van der Waals surface area contributed by atoms with Crippen molar-refractivity contribution in [2.45, 2.75) is 16.3 Å². The molecule has 0 aliphatic heterocycles. The van der Waals surface area contributed by atoms with Crippen molar-refractivity contribution in [3.63, 3.8) is 0 Å². The SMILES string of the molecule is NC[C@@H](c1ccccc1C(F)(F)F)S(=O)(=O)c1ccc(Cl)cc1. The molecule has 0 amide bonds. The maximum atomic E-state index is 13.1. The minimum Gasteiger partial charge on any atom is -0.329 e. The van der Waals surface area contributed by atoms with Crippen LogP contribution in [0.5, 0.6) is 0 Å². The third-order valence-corrected chi connectivity index (χ3v) is 5.72. The molecule has 0 aromatic heterocycles. The first kappa shape index (κ1) is 17.8. The Morgan fingerprint density at radius 2 is 1.61 bits per heavy atom. The molecule has 0 aliphatic rings. The van der Waals surface area contributed by atoms with E-state index in [4.69, 9.17) is 17.3 Å². The van der Waals surface area contributed by atoms with Gasteiger partial charge in [0.05, 0.1) is 10.5 Å². The van der Waals surface area contributed by atoms with Crippen LogP contribution in [0.4, 0.5) is 13.2 Å². The fourth-order valence-electron chi connectivity index (χ4n) is 2.25. The van der Waals surface area contributed by atoms with Crippen LogP contribution in [0, 0.1) is 0 Å². The quantitative estimate of drug-likeness (QED) is 0.898. The van der Waals surface area contributed by atoms with Gasteiger partial charge in [0.15, 0.2) is 9.84 Å². The van der Waals surface area contributed by atoms with Gasteiger partial charge in [-0.3, -0.25) is 0 Å². The molecule has 23 heavy (non-hydrogen) atoms. The molecular formula is C15H13ClF3NO2S. The first-order valence-electron chi connectivity index (χ1n) is 6.53. The van der Waals surface area contributed by atoms with Crippen molar-refractivity contribution >= 4 is 21.4 Å². The van der Waals surface area contributed by atoms with E-state index in [1.807, 2.05) is 0 Å². The summed E-state index contributed by atoms with van der Waals surface area (Å²) in [6.07, 6.45) is -4.67. The minimum atomic E-state index is -4.67. The molecule has 124 valence electrons. The van der Waals surface area contributed by atoms with Crippen molar-refractivity contribution in [1.82, 2.24) is 0 Å². The number of hydrogen-bond donors (Lipinski definition) is 1. The van der Waals surface area contributed by atoms with Gasteiger partial charge in [0.1, 0.15) is 5.25 Å². The average Bonchev–Trinajstić information content (AvgIpc) is 2.47. The summed E-state index contributed by atoms with van der Waals surface area (Å²) >= 11 is 5.71. The van der Waals surface area contributed by atoms with Gasteiger partial charge in [0.25, 0.3) is 0 Å². The predicted molar refractivity (Wildman–Crippen MR) is 81.9 cm³/mol. The number of rotatable bonds is 4. The number of sulfone groups is 1. The number of halogens is 4. The molecular weight excluding hydrogens is 351 g/mol. The first-order valence-corrected chi connectivity index (χ1v) is 8.46. The van der Waals surface area contributed by atoms with Crippen LogP contribution in [-0.4, -0.2) is 15.0 Å². The van der Waals surface area contributed by atoms with E-state index >= 15 is 0 Å². The van der Waals surface area contributed by atoms with Gasteiger partial charge in [-0.05, 0) is 35.9 Å². The number of hydrogen-bond acceptors (Lipinski definition) is 3. The van der Waals surface area contributed by atoms with Crippen LogP contribution in [0.15, 0.2) is 53.4 Å².